The summed E-state index contributed by atoms with van der Waals surface area (Å²) in [6.45, 7) is 4.67. The quantitative estimate of drug-likeness (QED) is 0.478. The predicted octanol–water partition coefficient (Wildman–Crippen LogP) is 3.55. The molecule has 2 rings (SSSR count). The van der Waals surface area contributed by atoms with E-state index in [4.69, 9.17) is 0 Å². The van der Waals surface area contributed by atoms with Crippen LogP contribution in [-0.2, 0) is 0 Å². The van der Waals surface area contributed by atoms with Gasteiger partial charge in [-0.1, -0.05) is 37.6 Å². The fourth-order valence-corrected chi connectivity index (χ4v) is 2.39. The van der Waals surface area contributed by atoms with Gasteiger partial charge in [-0.2, -0.15) is 0 Å². The molecule has 12 heavy (non-hydrogen) atoms. The van der Waals surface area contributed by atoms with Crippen LogP contribution in [0.3, 0.4) is 0 Å². The summed E-state index contributed by atoms with van der Waals surface area (Å²) < 4.78 is 0. The molecule has 2 aliphatic rings. The first-order chi connectivity index (χ1) is 5.75. The summed E-state index contributed by atoms with van der Waals surface area (Å²) in [7, 11) is 0. The second kappa shape index (κ2) is 3.08. The van der Waals surface area contributed by atoms with E-state index in [2.05, 4.69) is 32.1 Å². The van der Waals surface area contributed by atoms with Crippen molar-refractivity contribution in [1.29, 1.82) is 0 Å². The highest BCUT2D eigenvalue weighted by Gasteiger charge is 2.23. The third-order valence-corrected chi connectivity index (χ3v) is 3.14. The van der Waals surface area contributed by atoms with Crippen molar-refractivity contribution in [2.24, 2.45) is 17.8 Å². The molecule has 0 aromatic rings. The Kier molecular flexibility index (Phi) is 2.08. The molecule has 0 heterocycles. The van der Waals surface area contributed by atoms with Crippen LogP contribution in [-0.4, -0.2) is 0 Å². The molecule has 0 heteroatoms. The SMILES string of the molecule is CC1C=CC2CC(C)CC=C2C1. The normalized spacial score (nSPS) is 40.5. The Bertz CT molecular complexity index is 222. The molecule has 0 bridgehead atoms. The molecule has 3 atom stereocenters. The van der Waals surface area contributed by atoms with Gasteiger partial charge >= 0.3 is 0 Å². The summed E-state index contributed by atoms with van der Waals surface area (Å²) in [6, 6.07) is 0. The van der Waals surface area contributed by atoms with E-state index in [9.17, 15) is 0 Å². The fourth-order valence-electron chi connectivity index (χ4n) is 2.39. The summed E-state index contributed by atoms with van der Waals surface area (Å²) in [5.41, 5.74) is 1.71. The van der Waals surface area contributed by atoms with Crippen LogP contribution >= 0.6 is 0 Å². The van der Waals surface area contributed by atoms with Crippen molar-refractivity contribution in [3.05, 3.63) is 23.8 Å². The van der Waals surface area contributed by atoms with Crippen LogP contribution in [0, 0.1) is 17.8 Å². The Morgan fingerprint density at radius 3 is 2.92 bits per heavy atom. The van der Waals surface area contributed by atoms with Crippen LogP contribution in [0.4, 0.5) is 0 Å². The first kappa shape index (κ1) is 8.10. The molecular weight excluding hydrogens is 144 g/mol. The molecule has 66 valence electrons. The molecule has 0 radical (unpaired) electrons. The smallest absolute Gasteiger partial charge is 0.00203 e. The Labute approximate surface area is 75.4 Å². The van der Waals surface area contributed by atoms with Gasteiger partial charge in [0.25, 0.3) is 0 Å². The number of hydrogen-bond donors (Lipinski definition) is 0. The van der Waals surface area contributed by atoms with Crippen LogP contribution in [0.15, 0.2) is 23.8 Å². The van der Waals surface area contributed by atoms with Crippen molar-refractivity contribution in [3.63, 3.8) is 0 Å². The van der Waals surface area contributed by atoms with Gasteiger partial charge in [0.2, 0.25) is 0 Å². The Balaban J connectivity index is 2.17. The van der Waals surface area contributed by atoms with Crippen molar-refractivity contribution in [2.75, 3.05) is 0 Å². The topological polar surface area (TPSA) is 0 Å². The second-order valence-electron chi connectivity index (χ2n) is 4.53. The zero-order chi connectivity index (χ0) is 8.55. The van der Waals surface area contributed by atoms with E-state index in [0.717, 1.165) is 17.8 Å². The number of rotatable bonds is 0. The lowest BCUT2D eigenvalue weighted by Crippen LogP contribution is -2.17. The fraction of sp³-hybridized carbons (Fsp3) is 0.667. The average molecular weight is 162 g/mol. The van der Waals surface area contributed by atoms with Crippen LogP contribution < -0.4 is 0 Å². The standard InChI is InChI=1S/C12H18/c1-9-3-5-12-8-10(2)4-6-11(12)7-9/h3,5-6,9-10,12H,4,7-8H2,1-2H3. The minimum Gasteiger partial charge on any atom is -0.0848 e. The number of hydrogen-bond acceptors (Lipinski definition) is 0. The van der Waals surface area contributed by atoms with E-state index in [1.807, 2.05) is 0 Å². The molecule has 0 aromatic carbocycles. The lowest BCUT2D eigenvalue weighted by atomic mass is 9.75. The Morgan fingerprint density at radius 1 is 1.25 bits per heavy atom. The van der Waals surface area contributed by atoms with Gasteiger partial charge in [0.1, 0.15) is 0 Å². The minimum atomic E-state index is 0.779. The van der Waals surface area contributed by atoms with E-state index < -0.39 is 0 Å². The van der Waals surface area contributed by atoms with Crippen molar-refractivity contribution < 1.29 is 0 Å². The van der Waals surface area contributed by atoms with Gasteiger partial charge in [-0.05, 0) is 37.0 Å². The molecule has 0 saturated heterocycles. The predicted molar refractivity (Wildman–Crippen MR) is 52.9 cm³/mol. The second-order valence-corrected chi connectivity index (χ2v) is 4.53. The maximum absolute atomic E-state index is 2.48. The van der Waals surface area contributed by atoms with Crippen molar-refractivity contribution >= 4 is 0 Å². The van der Waals surface area contributed by atoms with Crippen LogP contribution in [0.2, 0.25) is 0 Å². The maximum Gasteiger partial charge on any atom is -0.00203 e. The summed E-state index contributed by atoms with van der Waals surface area (Å²) >= 11 is 0. The Hall–Kier alpha value is -0.520. The zero-order valence-electron chi connectivity index (χ0n) is 8.09. The van der Waals surface area contributed by atoms with Crippen LogP contribution in [0.25, 0.3) is 0 Å². The van der Waals surface area contributed by atoms with E-state index in [1.165, 1.54) is 19.3 Å². The van der Waals surface area contributed by atoms with Crippen molar-refractivity contribution in [1.82, 2.24) is 0 Å². The molecule has 3 unspecified atom stereocenters. The zero-order valence-corrected chi connectivity index (χ0v) is 8.09. The summed E-state index contributed by atoms with van der Waals surface area (Å²) in [4.78, 5) is 0. The summed E-state index contributed by atoms with van der Waals surface area (Å²) in [5.74, 6) is 2.47. The molecule has 0 aromatic heterocycles. The first-order valence-corrected chi connectivity index (χ1v) is 5.13. The maximum atomic E-state index is 2.48. The molecule has 0 aliphatic heterocycles. The molecule has 0 N–H and O–H groups in total. The lowest BCUT2D eigenvalue weighted by molar-refractivity contribution is 0.427. The van der Waals surface area contributed by atoms with Gasteiger partial charge in [0.05, 0.1) is 0 Å². The molecule has 0 spiro atoms. The Morgan fingerprint density at radius 2 is 2.08 bits per heavy atom. The van der Waals surface area contributed by atoms with E-state index in [0.29, 0.717) is 0 Å². The van der Waals surface area contributed by atoms with Crippen LogP contribution in [0.5, 0.6) is 0 Å². The molecule has 0 saturated carbocycles. The van der Waals surface area contributed by atoms with E-state index in [1.54, 1.807) is 5.57 Å². The van der Waals surface area contributed by atoms with Crippen molar-refractivity contribution in [2.45, 2.75) is 33.1 Å². The van der Waals surface area contributed by atoms with Gasteiger partial charge in [-0.3, -0.25) is 0 Å². The minimum absolute atomic E-state index is 0.779. The van der Waals surface area contributed by atoms with Gasteiger partial charge < -0.3 is 0 Å². The highest BCUT2D eigenvalue weighted by molar-refractivity contribution is 5.22. The van der Waals surface area contributed by atoms with Crippen LogP contribution in [0.1, 0.15) is 33.1 Å². The van der Waals surface area contributed by atoms with Gasteiger partial charge in [-0.15, -0.1) is 0 Å². The third kappa shape index (κ3) is 1.48. The van der Waals surface area contributed by atoms with Gasteiger partial charge in [-0.25, -0.2) is 0 Å². The lowest BCUT2D eigenvalue weighted by Gasteiger charge is -2.30. The monoisotopic (exact) mass is 162 g/mol. The van der Waals surface area contributed by atoms with Gasteiger partial charge in [0, 0.05) is 0 Å². The van der Waals surface area contributed by atoms with Crippen molar-refractivity contribution in [3.8, 4) is 0 Å². The molecule has 2 aliphatic carbocycles. The average Bonchev–Trinajstić information content (AvgIpc) is 2.05. The first-order valence-electron chi connectivity index (χ1n) is 5.13. The number of allylic oxidation sites excluding steroid dienone is 4. The highest BCUT2D eigenvalue weighted by Crippen LogP contribution is 2.36. The van der Waals surface area contributed by atoms with Gasteiger partial charge in [0.15, 0.2) is 0 Å². The summed E-state index contributed by atoms with van der Waals surface area (Å²) in [5, 5.41) is 0. The van der Waals surface area contributed by atoms with E-state index in [-0.39, 0.29) is 0 Å². The number of fused-ring (bicyclic) bond motifs is 1. The molecular formula is C12H18. The molecule has 0 amide bonds. The third-order valence-electron chi connectivity index (χ3n) is 3.14. The highest BCUT2D eigenvalue weighted by atomic mass is 14.3. The molecule has 0 fully saturated rings. The van der Waals surface area contributed by atoms with E-state index >= 15 is 0 Å². The largest absolute Gasteiger partial charge is 0.0848 e. The molecule has 0 nitrogen and oxygen atoms in total. The summed E-state index contributed by atoms with van der Waals surface area (Å²) in [6.07, 6.45) is 11.3.